The van der Waals surface area contributed by atoms with Crippen molar-refractivity contribution < 1.29 is 45.8 Å². The van der Waals surface area contributed by atoms with Crippen LogP contribution in [0, 0.1) is 6.92 Å². The van der Waals surface area contributed by atoms with Crippen LogP contribution in [0.5, 0.6) is 11.5 Å². The summed E-state index contributed by atoms with van der Waals surface area (Å²) in [7, 11) is 0. The van der Waals surface area contributed by atoms with Gasteiger partial charge in [0.2, 0.25) is 11.7 Å². The first-order valence-corrected chi connectivity index (χ1v) is 18.6. The van der Waals surface area contributed by atoms with Gasteiger partial charge in [-0.1, -0.05) is 18.5 Å². The molecule has 5 aromatic rings. The first-order chi connectivity index (χ1) is 27.9. The number of rotatable bonds is 8. The van der Waals surface area contributed by atoms with Crippen LogP contribution in [-0.2, 0) is 30.5 Å². The second-order valence-corrected chi connectivity index (χ2v) is 14.3. The highest BCUT2D eigenvalue weighted by Gasteiger charge is 2.34. The van der Waals surface area contributed by atoms with Gasteiger partial charge >= 0.3 is 12.4 Å². The molecule has 15 nitrogen and oxygen atoms in total. The molecule has 2 aliphatic rings. The van der Waals surface area contributed by atoms with Gasteiger partial charge in [0.15, 0.2) is 17.3 Å². The predicted octanol–water partition coefficient (Wildman–Crippen LogP) is 4.95. The summed E-state index contributed by atoms with van der Waals surface area (Å²) >= 11 is 6.13. The van der Waals surface area contributed by atoms with E-state index in [1.165, 1.54) is 27.6 Å². The number of piperazine rings is 1. The standard InChI is InChI=1S/C37H35ClF6N10O5/c1-3-26-30(51-8-10-52(11-9-51)33(57)29-31(56)20(2)45-19-46-29)34(58)54-35(53(26)17-28(55)47-25-6-5-23(15-24(25)38)37(42,43)44)48-32(49-54)21-4-7-27-22(14-21)16-50(12-13-59-27)18-36(39,40)41/h4-7,14-15,19,56H,3,8-13,16-18H2,1-2H3,(H,47,55). The fourth-order valence-electron chi connectivity index (χ4n) is 7.06. The minimum absolute atomic E-state index is 0.00558. The Kier molecular flexibility index (Phi) is 11.2. The number of anilines is 2. The molecule has 0 aliphatic carbocycles. The third-order valence-electron chi connectivity index (χ3n) is 9.90. The summed E-state index contributed by atoms with van der Waals surface area (Å²) in [6, 6.07) is 7.21. The zero-order chi connectivity index (χ0) is 42.4. The van der Waals surface area contributed by atoms with Crippen molar-refractivity contribution in [3.63, 3.8) is 0 Å². The van der Waals surface area contributed by atoms with Crippen molar-refractivity contribution in [1.29, 1.82) is 0 Å². The summed E-state index contributed by atoms with van der Waals surface area (Å²) in [5.41, 5.74) is -0.417. The fraction of sp³-hybridized carbons (Fsp3) is 0.378. The van der Waals surface area contributed by atoms with Crippen LogP contribution in [0.2, 0.25) is 5.02 Å². The number of aryl methyl sites for hydroxylation is 1. The smallest absolute Gasteiger partial charge is 0.416 e. The number of fused-ring (bicyclic) bond motifs is 2. The maximum absolute atomic E-state index is 14.4. The summed E-state index contributed by atoms with van der Waals surface area (Å²) in [5.74, 6) is -1.31. The number of alkyl halides is 6. The number of carbonyl (C=O) groups is 2. The van der Waals surface area contributed by atoms with Gasteiger partial charge in [-0.2, -0.15) is 35.8 Å². The molecule has 0 atom stereocenters. The maximum Gasteiger partial charge on any atom is 0.416 e. The molecule has 1 fully saturated rings. The zero-order valence-corrected chi connectivity index (χ0v) is 32.1. The predicted molar refractivity (Wildman–Crippen MR) is 201 cm³/mol. The average Bonchev–Trinajstić information content (AvgIpc) is 3.53. The van der Waals surface area contributed by atoms with Gasteiger partial charge in [0.25, 0.3) is 11.5 Å². The molecule has 0 bridgehead atoms. The van der Waals surface area contributed by atoms with Crippen molar-refractivity contribution in [3.8, 4) is 22.9 Å². The van der Waals surface area contributed by atoms with E-state index in [1.54, 1.807) is 30.0 Å². The molecule has 22 heteroatoms. The number of hydrogen-bond donors (Lipinski definition) is 2. The third kappa shape index (κ3) is 8.61. The normalized spacial score (nSPS) is 15.2. The molecule has 0 saturated carbocycles. The van der Waals surface area contributed by atoms with Gasteiger partial charge in [0.05, 0.1) is 34.2 Å². The first-order valence-electron chi connectivity index (χ1n) is 18.2. The van der Waals surface area contributed by atoms with E-state index >= 15 is 0 Å². The summed E-state index contributed by atoms with van der Waals surface area (Å²) < 4.78 is 88.0. The van der Waals surface area contributed by atoms with Crippen molar-refractivity contribution in [2.45, 2.75) is 45.7 Å². The molecule has 2 aliphatic heterocycles. The largest absolute Gasteiger partial charge is 0.504 e. The van der Waals surface area contributed by atoms with Crippen LogP contribution in [0.4, 0.5) is 37.7 Å². The molecule has 7 rings (SSSR count). The highest BCUT2D eigenvalue weighted by Crippen LogP contribution is 2.34. The van der Waals surface area contributed by atoms with Crippen LogP contribution < -0.4 is 20.5 Å². The van der Waals surface area contributed by atoms with Crippen LogP contribution in [0.15, 0.2) is 47.5 Å². The van der Waals surface area contributed by atoms with Gasteiger partial charge < -0.3 is 29.5 Å². The van der Waals surface area contributed by atoms with Crippen molar-refractivity contribution in [2.24, 2.45) is 0 Å². The van der Waals surface area contributed by atoms with Gasteiger partial charge in [-0.25, -0.2) is 9.97 Å². The zero-order valence-electron chi connectivity index (χ0n) is 31.4. The Hall–Kier alpha value is -5.96. The molecule has 0 unspecified atom stereocenters. The first kappa shape index (κ1) is 41.2. The van der Waals surface area contributed by atoms with E-state index < -0.39 is 48.4 Å². The van der Waals surface area contributed by atoms with Crippen molar-refractivity contribution in [3.05, 3.63) is 86.3 Å². The fourth-order valence-corrected chi connectivity index (χ4v) is 7.29. The third-order valence-corrected chi connectivity index (χ3v) is 10.2. The Morgan fingerprint density at radius 2 is 1.75 bits per heavy atom. The van der Waals surface area contributed by atoms with Gasteiger partial charge in [0.1, 0.15) is 30.9 Å². The van der Waals surface area contributed by atoms with E-state index in [2.05, 4.69) is 25.4 Å². The molecule has 0 radical (unpaired) electrons. The number of carbonyl (C=O) groups excluding carboxylic acids is 2. The minimum Gasteiger partial charge on any atom is -0.504 e. The number of aromatic nitrogens is 6. The second kappa shape index (κ2) is 16.0. The van der Waals surface area contributed by atoms with Crippen LogP contribution in [-0.4, -0.2) is 108 Å². The molecule has 2 amide bonds. The summed E-state index contributed by atoms with van der Waals surface area (Å²) in [6.45, 7) is 2.07. The number of hydrogen-bond acceptors (Lipinski definition) is 11. The molecular formula is C37H35ClF6N10O5. The van der Waals surface area contributed by atoms with E-state index in [9.17, 15) is 45.8 Å². The van der Waals surface area contributed by atoms with Crippen LogP contribution >= 0.6 is 11.6 Å². The Labute approximate surface area is 335 Å². The lowest BCUT2D eigenvalue weighted by atomic mass is 10.1. The molecule has 2 aromatic carbocycles. The highest BCUT2D eigenvalue weighted by molar-refractivity contribution is 6.33. The van der Waals surface area contributed by atoms with Gasteiger partial charge in [-0.05, 0) is 49.7 Å². The number of benzene rings is 2. The molecule has 312 valence electrons. The maximum atomic E-state index is 14.4. The summed E-state index contributed by atoms with van der Waals surface area (Å²) in [6.07, 6.45) is -7.77. The van der Waals surface area contributed by atoms with Crippen molar-refractivity contribution >= 4 is 40.6 Å². The number of ether oxygens (including phenoxy) is 1. The van der Waals surface area contributed by atoms with Gasteiger partial charge in [0, 0.05) is 50.4 Å². The molecule has 59 heavy (non-hydrogen) atoms. The van der Waals surface area contributed by atoms with Gasteiger partial charge in [-0.15, -0.1) is 5.10 Å². The number of amides is 2. The summed E-state index contributed by atoms with van der Waals surface area (Å²) in [5, 5.41) is 17.1. The van der Waals surface area contributed by atoms with E-state index in [4.69, 9.17) is 16.3 Å². The SMILES string of the molecule is CCc1c(N2CCN(C(=O)c3ncnc(C)c3O)CC2)c(=O)n2nc(-c3ccc4c(c3)CN(CC(F)(F)F)CCO4)nc2n1CC(=O)Nc1ccc(C(F)(F)F)cc1Cl. The van der Waals surface area contributed by atoms with Gasteiger partial charge in [-0.3, -0.25) is 19.3 Å². The second-order valence-electron chi connectivity index (χ2n) is 13.9. The molecule has 2 N–H and O–H groups in total. The Balaban J connectivity index is 1.26. The molecule has 1 saturated heterocycles. The number of aromatic hydroxyl groups is 1. The number of nitrogens with one attached hydrogen (secondary N) is 1. The molecule has 0 spiro atoms. The number of nitrogens with zero attached hydrogens (tertiary/aromatic N) is 9. The monoisotopic (exact) mass is 848 g/mol. The molecule has 3 aromatic heterocycles. The van der Waals surface area contributed by atoms with Crippen molar-refractivity contribution in [2.75, 3.05) is 56.1 Å². The Morgan fingerprint density at radius 1 is 1.00 bits per heavy atom. The summed E-state index contributed by atoms with van der Waals surface area (Å²) in [4.78, 5) is 58.3. The molecule has 5 heterocycles. The van der Waals surface area contributed by atoms with E-state index in [-0.39, 0.29) is 97.4 Å². The lowest BCUT2D eigenvalue weighted by molar-refractivity contribution is -0.147. The Morgan fingerprint density at radius 3 is 2.42 bits per heavy atom. The van der Waals surface area contributed by atoms with Crippen molar-refractivity contribution in [1.82, 2.24) is 38.9 Å². The lowest BCUT2D eigenvalue weighted by Crippen LogP contribution is -2.51. The lowest BCUT2D eigenvalue weighted by Gasteiger charge is -2.36. The molecular weight excluding hydrogens is 814 g/mol. The Bertz CT molecular complexity index is 2500. The average molecular weight is 849 g/mol. The quantitative estimate of drug-likeness (QED) is 0.203. The minimum atomic E-state index is -4.67. The van der Waals surface area contributed by atoms with E-state index in [1.807, 2.05) is 0 Å². The topological polar surface area (TPSA) is 163 Å². The van der Waals surface area contributed by atoms with E-state index in [0.717, 1.165) is 16.6 Å². The highest BCUT2D eigenvalue weighted by atomic mass is 35.5. The van der Waals surface area contributed by atoms with E-state index in [0.29, 0.717) is 28.6 Å². The van der Waals surface area contributed by atoms with Crippen LogP contribution in [0.3, 0.4) is 0 Å². The van der Waals surface area contributed by atoms with Crippen LogP contribution in [0.1, 0.15) is 39.9 Å². The number of halogens is 7. The van der Waals surface area contributed by atoms with Crippen LogP contribution in [0.25, 0.3) is 17.2 Å².